The summed E-state index contributed by atoms with van der Waals surface area (Å²) in [6, 6.07) is 7.44. The Balaban J connectivity index is 2.69. The third kappa shape index (κ3) is 2.76. The number of carbonyl (C=O) groups excluding carboxylic acids is 1. The second-order valence-corrected chi connectivity index (χ2v) is 3.09. The van der Waals surface area contributed by atoms with Gasteiger partial charge in [-0.3, -0.25) is 4.79 Å². The zero-order valence-electron chi connectivity index (χ0n) is 8.63. The van der Waals surface area contributed by atoms with Gasteiger partial charge in [0, 0.05) is 24.8 Å². The molecule has 0 atom stereocenters. The first-order chi connectivity index (χ1) is 6.77. The minimum absolute atomic E-state index is 0.0102. The van der Waals surface area contributed by atoms with Crippen LogP contribution in [0.1, 0.15) is 23.7 Å². The van der Waals surface area contributed by atoms with Crippen LogP contribution in [0.25, 0.3) is 0 Å². The van der Waals surface area contributed by atoms with Gasteiger partial charge >= 0.3 is 0 Å². The van der Waals surface area contributed by atoms with Gasteiger partial charge in [-0.25, -0.2) is 0 Å². The van der Waals surface area contributed by atoms with Crippen molar-refractivity contribution in [3.63, 3.8) is 0 Å². The van der Waals surface area contributed by atoms with Crippen molar-refractivity contribution in [2.75, 3.05) is 18.9 Å². The fraction of sp³-hybridized carbons (Fsp3) is 0.364. The first-order valence-electron chi connectivity index (χ1n) is 4.84. The van der Waals surface area contributed by atoms with E-state index < -0.39 is 0 Å². The minimum Gasteiger partial charge on any atom is -0.388 e. The summed E-state index contributed by atoms with van der Waals surface area (Å²) < 4.78 is 0. The number of benzene rings is 1. The highest BCUT2D eigenvalue weighted by Gasteiger charge is 2.03. The van der Waals surface area contributed by atoms with E-state index in [0.29, 0.717) is 5.56 Å². The van der Waals surface area contributed by atoms with Crippen LogP contribution in [0.2, 0.25) is 0 Å². The molecule has 0 saturated heterocycles. The van der Waals surface area contributed by atoms with Gasteiger partial charge in [0.25, 0.3) is 5.91 Å². The molecule has 1 rings (SSSR count). The molecule has 0 aliphatic carbocycles. The Bertz CT molecular complexity index is 310. The number of carbonyl (C=O) groups is 1. The molecule has 1 aromatic rings. The first kappa shape index (κ1) is 10.6. The molecule has 0 heterocycles. The van der Waals surface area contributed by atoms with Gasteiger partial charge in [-0.1, -0.05) is 13.0 Å². The van der Waals surface area contributed by atoms with Crippen molar-refractivity contribution in [3.8, 4) is 0 Å². The van der Waals surface area contributed by atoms with Crippen molar-refractivity contribution in [2.45, 2.75) is 13.3 Å². The topological polar surface area (TPSA) is 41.1 Å². The van der Waals surface area contributed by atoms with Crippen molar-refractivity contribution >= 4 is 11.6 Å². The highest BCUT2D eigenvalue weighted by molar-refractivity contribution is 5.95. The maximum Gasteiger partial charge on any atom is 0.251 e. The number of amides is 1. The maximum absolute atomic E-state index is 11.5. The molecule has 3 heteroatoms. The molecule has 3 nitrogen and oxygen atoms in total. The van der Waals surface area contributed by atoms with E-state index in [1.165, 1.54) is 0 Å². The molecule has 0 spiro atoms. The van der Waals surface area contributed by atoms with E-state index in [2.05, 4.69) is 10.6 Å². The van der Waals surface area contributed by atoms with E-state index in [-0.39, 0.29) is 5.91 Å². The summed E-state index contributed by atoms with van der Waals surface area (Å²) in [6.07, 6.45) is 0.956. The van der Waals surface area contributed by atoms with Gasteiger partial charge in [-0.15, -0.1) is 0 Å². The molecule has 1 aromatic carbocycles. The van der Waals surface area contributed by atoms with Crippen LogP contribution in [0.3, 0.4) is 0 Å². The lowest BCUT2D eigenvalue weighted by Crippen LogP contribution is -2.23. The van der Waals surface area contributed by atoms with Crippen molar-refractivity contribution < 1.29 is 4.79 Å². The van der Waals surface area contributed by atoms with E-state index in [4.69, 9.17) is 0 Å². The van der Waals surface area contributed by atoms with Gasteiger partial charge in [0.05, 0.1) is 0 Å². The molecular formula is C11H16N2O. The SMILES string of the molecule is CCCNC(=O)c1cccc(NC)c1. The summed E-state index contributed by atoms with van der Waals surface area (Å²) in [4.78, 5) is 11.5. The van der Waals surface area contributed by atoms with Gasteiger partial charge in [0.2, 0.25) is 0 Å². The van der Waals surface area contributed by atoms with Crippen LogP contribution in [0, 0.1) is 0 Å². The van der Waals surface area contributed by atoms with Crippen molar-refractivity contribution in [3.05, 3.63) is 29.8 Å². The van der Waals surface area contributed by atoms with Crippen LogP contribution in [0.4, 0.5) is 5.69 Å². The first-order valence-corrected chi connectivity index (χ1v) is 4.84. The summed E-state index contributed by atoms with van der Waals surface area (Å²) in [7, 11) is 1.84. The van der Waals surface area contributed by atoms with Gasteiger partial charge in [-0.05, 0) is 24.6 Å². The molecule has 0 aromatic heterocycles. The largest absolute Gasteiger partial charge is 0.388 e. The fourth-order valence-corrected chi connectivity index (χ4v) is 1.16. The lowest BCUT2D eigenvalue weighted by atomic mass is 10.2. The predicted molar refractivity (Wildman–Crippen MR) is 58.6 cm³/mol. The minimum atomic E-state index is -0.0102. The molecular weight excluding hydrogens is 176 g/mol. The van der Waals surface area contributed by atoms with E-state index in [9.17, 15) is 4.79 Å². The van der Waals surface area contributed by atoms with E-state index in [0.717, 1.165) is 18.7 Å². The smallest absolute Gasteiger partial charge is 0.251 e. The molecule has 0 aliphatic heterocycles. The average Bonchev–Trinajstić information content (AvgIpc) is 2.26. The van der Waals surface area contributed by atoms with Crippen LogP contribution in [0.15, 0.2) is 24.3 Å². The van der Waals surface area contributed by atoms with Crippen molar-refractivity contribution in [2.24, 2.45) is 0 Å². The normalized spacial score (nSPS) is 9.57. The molecule has 2 N–H and O–H groups in total. The molecule has 0 radical (unpaired) electrons. The maximum atomic E-state index is 11.5. The molecule has 0 fully saturated rings. The number of rotatable bonds is 4. The van der Waals surface area contributed by atoms with Crippen LogP contribution >= 0.6 is 0 Å². The van der Waals surface area contributed by atoms with Gasteiger partial charge in [0.1, 0.15) is 0 Å². The summed E-state index contributed by atoms with van der Waals surface area (Å²) in [5, 5.41) is 5.83. The zero-order valence-corrected chi connectivity index (χ0v) is 8.63. The fourth-order valence-electron chi connectivity index (χ4n) is 1.16. The molecule has 0 bridgehead atoms. The number of hydrogen-bond acceptors (Lipinski definition) is 2. The lowest BCUT2D eigenvalue weighted by Gasteiger charge is -2.05. The van der Waals surface area contributed by atoms with E-state index in [1.807, 2.05) is 38.2 Å². The summed E-state index contributed by atoms with van der Waals surface area (Å²) in [5.41, 5.74) is 1.65. The number of nitrogens with one attached hydrogen (secondary N) is 2. The Kier molecular flexibility index (Phi) is 3.98. The summed E-state index contributed by atoms with van der Waals surface area (Å²) >= 11 is 0. The van der Waals surface area contributed by atoms with Crippen LogP contribution in [-0.2, 0) is 0 Å². The average molecular weight is 192 g/mol. The van der Waals surface area contributed by atoms with Crippen LogP contribution in [0.5, 0.6) is 0 Å². The molecule has 0 saturated carbocycles. The Morgan fingerprint density at radius 2 is 2.21 bits per heavy atom. The molecule has 76 valence electrons. The van der Waals surface area contributed by atoms with Crippen molar-refractivity contribution in [1.29, 1.82) is 0 Å². The second-order valence-electron chi connectivity index (χ2n) is 3.09. The second kappa shape index (κ2) is 5.27. The Morgan fingerprint density at radius 1 is 1.43 bits per heavy atom. The van der Waals surface area contributed by atoms with Gasteiger partial charge in [-0.2, -0.15) is 0 Å². The Hall–Kier alpha value is -1.51. The molecule has 1 amide bonds. The number of hydrogen-bond donors (Lipinski definition) is 2. The highest BCUT2D eigenvalue weighted by atomic mass is 16.1. The zero-order chi connectivity index (χ0) is 10.4. The third-order valence-corrected chi connectivity index (χ3v) is 1.95. The van der Waals surface area contributed by atoms with Crippen LogP contribution in [-0.4, -0.2) is 19.5 Å². The lowest BCUT2D eigenvalue weighted by molar-refractivity contribution is 0.0953. The summed E-state index contributed by atoms with van der Waals surface area (Å²) in [5.74, 6) is -0.0102. The predicted octanol–water partition coefficient (Wildman–Crippen LogP) is 1.87. The highest BCUT2D eigenvalue weighted by Crippen LogP contribution is 2.09. The molecule has 14 heavy (non-hydrogen) atoms. The monoisotopic (exact) mass is 192 g/mol. The third-order valence-electron chi connectivity index (χ3n) is 1.95. The Morgan fingerprint density at radius 3 is 2.86 bits per heavy atom. The summed E-state index contributed by atoms with van der Waals surface area (Å²) in [6.45, 7) is 2.76. The number of anilines is 1. The van der Waals surface area contributed by atoms with Crippen molar-refractivity contribution in [1.82, 2.24) is 5.32 Å². The Labute approximate surface area is 84.5 Å². The quantitative estimate of drug-likeness (QED) is 0.764. The van der Waals surface area contributed by atoms with Gasteiger partial charge < -0.3 is 10.6 Å². The molecule has 0 aliphatic rings. The standard InChI is InChI=1S/C11H16N2O/c1-3-7-13-11(14)9-5-4-6-10(8-9)12-2/h4-6,8,12H,3,7H2,1-2H3,(H,13,14). The van der Waals surface area contributed by atoms with Crippen LogP contribution < -0.4 is 10.6 Å². The molecule has 0 unspecified atom stereocenters. The van der Waals surface area contributed by atoms with E-state index in [1.54, 1.807) is 0 Å². The van der Waals surface area contributed by atoms with Gasteiger partial charge in [0.15, 0.2) is 0 Å². The van der Waals surface area contributed by atoms with E-state index >= 15 is 0 Å².